The van der Waals surface area contributed by atoms with Crippen molar-refractivity contribution in [3.63, 3.8) is 0 Å². The van der Waals surface area contributed by atoms with Crippen molar-refractivity contribution in [1.82, 2.24) is 15.5 Å². The molecular formula is C20H31N3O2S. The number of benzene rings is 1. The summed E-state index contributed by atoms with van der Waals surface area (Å²) in [7, 11) is 0. The number of amides is 2. The van der Waals surface area contributed by atoms with Crippen molar-refractivity contribution in [3.8, 4) is 0 Å². The number of carbonyl (C=O) groups excluding carboxylic acids is 1. The number of urea groups is 1. The zero-order valence-corrected chi connectivity index (χ0v) is 16.5. The molecule has 2 heterocycles. The number of rotatable bonds is 7. The van der Waals surface area contributed by atoms with E-state index in [4.69, 9.17) is 4.74 Å². The van der Waals surface area contributed by atoms with Gasteiger partial charge in [-0.2, -0.15) is 0 Å². The molecule has 0 aliphatic carbocycles. The van der Waals surface area contributed by atoms with Crippen LogP contribution < -0.4 is 10.6 Å². The Balaban J connectivity index is 1.32. The molecule has 0 unspecified atom stereocenters. The third kappa shape index (κ3) is 5.89. The molecule has 2 fully saturated rings. The highest BCUT2D eigenvalue weighted by Gasteiger charge is 2.21. The normalized spacial score (nSPS) is 21.7. The molecule has 1 atom stereocenters. The van der Waals surface area contributed by atoms with Crippen LogP contribution in [0.3, 0.4) is 0 Å². The summed E-state index contributed by atoms with van der Waals surface area (Å²) in [5.41, 5.74) is 1.42. The number of carbonyl (C=O) groups is 1. The molecule has 6 heteroatoms. The Morgan fingerprint density at radius 2 is 1.96 bits per heavy atom. The Hall–Kier alpha value is -1.24. The van der Waals surface area contributed by atoms with Gasteiger partial charge >= 0.3 is 6.03 Å². The first kappa shape index (κ1) is 19.5. The van der Waals surface area contributed by atoms with Crippen LogP contribution in [0.5, 0.6) is 0 Å². The second kappa shape index (κ2) is 10.2. The predicted molar refractivity (Wildman–Crippen MR) is 107 cm³/mol. The number of hydrogen-bond donors (Lipinski definition) is 2. The molecule has 0 saturated carbocycles. The number of hydrogen-bond acceptors (Lipinski definition) is 4. The van der Waals surface area contributed by atoms with Crippen LogP contribution in [0, 0.1) is 5.92 Å². The fourth-order valence-electron chi connectivity index (χ4n) is 3.73. The molecule has 2 aliphatic rings. The maximum Gasteiger partial charge on any atom is 0.314 e. The largest absolute Gasteiger partial charge is 0.376 e. The van der Waals surface area contributed by atoms with Crippen LogP contribution in [0.25, 0.3) is 0 Å². The summed E-state index contributed by atoms with van der Waals surface area (Å²) in [6.07, 6.45) is 6.79. The van der Waals surface area contributed by atoms with E-state index in [9.17, 15) is 4.79 Å². The average molecular weight is 378 g/mol. The van der Waals surface area contributed by atoms with Crippen molar-refractivity contribution in [2.75, 3.05) is 39.0 Å². The molecule has 2 saturated heterocycles. The summed E-state index contributed by atoms with van der Waals surface area (Å²) in [5.74, 6) is 0.579. The molecule has 2 aliphatic heterocycles. The molecule has 2 N–H and O–H groups in total. The van der Waals surface area contributed by atoms with E-state index >= 15 is 0 Å². The lowest BCUT2D eigenvalue weighted by molar-refractivity contribution is 0.111. The predicted octanol–water partition coefficient (Wildman–Crippen LogP) is 3.10. The van der Waals surface area contributed by atoms with Gasteiger partial charge in [0.25, 0.3) is 0 Å². The van der Waals surface area contributed by atoms with E-state index in [1.807, 2.05) is 11.8 Å². The second-order valence-electron chi connectivity index (χ2n) is 7.26. The van der Waals surface area contributed by atoms with Crippen molar-refractivity contribution in [2.24, 2.45) is 5.92 Å². The van der Waals surface area contributed by atoms with E-state index in [1.165, 1.54) is 10.5 Å². The fraction of sp³-hybridized carbons (Fsp3) is 0.650. The maximum atomic E-state index is 11.9. The highest BCUT2D eigenvalue weighted by molar-refractivity contribution is 7.98. The highest BCUT2D eigenvalue weighted by atomic mass is 32.2. The molecule has 3 rings (SSSR count). The van der Waals surface area contributed by atoms with Crippen molar-refractivity contribution in [1.29, 1.82) is 0 Å². The Morgan fingerprint density at radius 1 is 1.19 bits per heavy atom. The van der Waals surface area contributed by atoms with E-state index in [0.717, 1.165) is 58.5 Å². The van der Waals surface area contributed by atoms with Gasteiger partial charge in [0.2, 0.25) is 0 Å². The van der Waals surface area contributed by atoms with Crippen LogP contribution in [-0.4, -0.2) is 56.1 Å². The zero-order valence-electron chi connectivity index (χ0n) is 15.7. The summed E-state index contributed by atoms with van der Waals surface area (Å²) >= 11 is 1.82. The summed E-state index contributed by atoms with van der Waals surface area (Å²) in [6.45, 7) is 5.46. The Labute approximate surface area is 161 Å². The smallest absolute Gasteiger partial charge is 0.314 e. The van der Waals surface area contributed by atoms with Crippen LogP contribution in [0.1, 0.15) is 31.2 Å². The highest BCUT2D eigenvalue weighted by Crippen LogP contribution is 2.24. The third-order valence-corrected chi connectivity index (χ3v) is 6.20. The molecule has 0 spiro atoms. The molecule has 26 heavy (non-hydrogen) atoms. The lowest BCUT2D eigenvalue weighted by Gasteiger charge is -2.32. The number of thioether (sulfide) groups is 1. The SMILES string of the molecule is CSc1ccccc1CN1CCC(CNC(=O)NC[C@@H]2CCCO2)CC1. The summed E-state index contributed by atoms with van der Waals surface area (Å²) in [5, 5.41) is 5.96. The van der Waals surface area contributed by atoms with Crippen molar-refractivity contribution in [2.45, 2.75) is 43.2 Å². The van der Waals surface area contributed by atoms with Gasteiger partial charge in [-0.3, -0.25) is 4.90 Å². The minimum atomic E-state index is -0.0585. The first-order valence-corrected chi connectivity index (χ1v) is 10.9. The van der Waals surface area contributed by atoms with Gasteiger partial charge in [0.05, 0.1) is 6.10 Å². The van der Waals surface area contributed by atoms with E-state index in [-0.39, 0.29) is 12.1 Å². The minimum absolute atomic E-state index is 0.0585. The molecule has 1 aromatic carbocycles. The zero-order chi connectivity index (χ0) is 18.2. The molecule has 0 radical (unpaired) electrons. The molecular weight excluding hydrogens is 346 g/mol. The Bertz CT molecular complexity index is 570. The summed E-state index contributed by atoms with van der Waals surface area (Å²) < 4.78 is 5.53. The monoisotopic (exact) mass is 377 g/mol. The molecule has 144 valence electrons. The van der Waals surface area contributed by atoms with Crippen LogP contribution >= 0.6 is 11.8 Å². The van der Waals surface area contributed by atoms with Gasteiger partial charge in [-0.05, 0) is 62.6 Å². The number of nitrogens with one attached hydrogen (secondary N) is 2. The quantitative estimate of drug-likeness (QED) is 0.717. The number of likely N-dealkylation sites (tertiary alicyclic amines) is 1. The summed E-state index contributed by atoms with van der Waals surface area (Å²) in [6, 6.07) is 8.61. The standard InChI is InChI=1S/C20H31N3O2S/c1-26-19-7-3-2-5-17(19)15-23-10-8-16(9-11-23)13-21-20(24)22-14-18-6-4-12-25-18/h2-3,5,7,16,18H,4,6,8-15H2,1H3,(H2,21,22,24)/t18-/m0/s1. The second-order valence-corrected chi connectivity index (χ2v) is 8.11. The van der Waals surface area contributed by atoms with Crippen LogP contribution in [0.15, 0.2) is 29.2 Å². The molecule has 0 aromatic heterocycles. The molecule has 1 aromatic rings. The first-order valence-electron chi connectivity index (χ1n) is 9.72. The van der Waals surface area contributed by atoms with Gasteiger partial charge in [0.15, 0.2) is 0 Å². The van der Waals surface area contributed by atoms with Gasteiger partial charge < -0.3 is 15.4 Å². The lowest BCUT2D eigenvalue weighted by Crippen LogP contribution is -2.43. The fourth-order valence-corrected chi connectivity index (χ4v) is 4.34. The van der Waals surface area contributed by atoms with Gasteiger partial charge in [-0.1, -0.05) is 18.2 Å². The number of ether oxygens (including phenoxy) is 1. The van der Waals surface area contributed by atoms with E-state index in [1.54, 1.807) is 0 Å². The van der Waals surface area contributed by atoms with E-state index in [2.05, 4.69) is 46.1 Å². The minimum Gasteiger partial charge on any atom is -0.376 e. The lowest BCUT2D eigenvalue weighted by atomic mass is 9.96. The number of piperidine rings is 1. The Morgan fingerprint density at radius 3 is 2.69 bits per heavy atom. The van der Waals surface area contributed by atoms with Crippen molar-refractivity contribution >= 4 is 17.8 Å². The third-order valence-electron chi connectivity index (χ3n) is 5.36. The Kier molecular flexibility index (Phi) is 7.65. The molecule has 0 bridgehead atoms. The number of nitrogens with zero attached hydrogens (tertiary/aromatic N) is 1. The van der Waals surface area contributed by atoms with E-state index < -0.39 is 0 Å². The van der Waals surface area contributed by atoms with Crippen LogP contribution in [0.4, 0.5) is 4.79 Å². The topological polar surface area (TPSA) is 53.6 Å². The van der Waals surface area contributed by atoms with Gasteiger partial charge in [0.1, 0.15) is 0 Å². The van der Waals surface area contributed by atoms with Crippen molar-refractivity contribution < 1.29 is 9.53 Å². The first-order chi connectivity index (χ1) is 12.7. The van der Waals surface area contributed by atoms with Gasteiger partial charge in [0, 0.05) is 31.1 Å². The van der Waals surface area contributed by atoms with Gasteiger partial charge in [-0.25, -0.2) is 4.79 Å². The van der Waals surface area contributed by atoms with Gasteiger partial charge in [-0.15, -0.1) is 11.8 Å². The van der Waals surface area contributed by atoms with Crippen LogP contribution in [-0.2, 0) is 11.3 Å². The molecule has 2 amide bonds. The maximum absolute atomic E-state index is 11.9. The van der Waals surface area contributed by atoms with Crippen molar-refractivity contribution in [3.05, 3.63) is 29.8 Å². The average Bonchev–Trinajstić information content (AvgIpc) is 3.20. The summed E-state index contributed by atoms with van der Waals surface area (Å²) in [4.78, 5) is 15.8. The van der Waals surface area contributed by atoms with Crippen LogP contribution in [0.2, 0.25) is 0 Å². The molecule has 5 nitrogen and oxygen atoms in total. The van der Waals surface area contributed by atoms with E-state index in [0.29, 0.717) is 12.5 Å².